The number of urea groups is 1. The summed E-state index contributed by atoms with van der Waals surface area (Å²) >= 11 is 0. The van der Waals surface area contributed by atoms with Crippen molar-refractivity contribution in [3.8, 4) is 0 Å². The van der Waals surface area contributed by atoms with Crippen molar-refractivity contribution in [1.29, 1.82) is 0 Å². The van der Waals surface area contributed by atoms with Crippen LogP contribution in [0.2, 0.25) is 0 Å². The minimum absolute atomic E-state index is 0.0631. The van der Waals surface area contributed by atoms with Gasteiger partial charge < -0.3 is 15.3 Å². The van der Waals surface area contributed by atoms with Gasteiger partial charge in [-0.1, -0.05) is 44.2 Å². The number of carbonyl (C=O) groups is 1. The lowest BCUT2D eigenvalue weighted by molar-refractivity contribution is 0.0538. The van der Waals surface area contributed by atoms with Crippen LogP contribution in [0.3, 0.4) is 0 Å². The molecular formula is C20H30N2O2. The SMILES string of the molecule is CC(C)[C@H](CNC(=O)N1[C@H]2CC[C@H]1CC(O)C2)Cc1ccccc1. The van der Waals surface area contributed by atoms with Crippen LogP contribution < -0.4 is 5.32 Å². The van der Waals surface area contributed by atoms with Gasteiger partial charge in [0, 0.05) is 18.6 Å². The Hall–Kier alpha value is -1.55. The van der Waals surface area contributed by atoms with Gasteiger partial charge in [-0.2, -0.15) is 0 Å². The third-order valence-electron chi connectivity index (χ3n) is 5.74. The molecule has 2 saturated heterocycles. The van der Waals surface area contributed by atoms with Crippen LogP contribution in [-0.4, -0.2) is 40.8 Å². The van der Waals surface area contributed by atoms with Crippen LogP contribution >= 0.6 is 0 Å². The molecule has 3 atom stereocenters. The van der Waals surface area contributed by atoms with Crippen molar-refractivity contribution in [2.75, 3.05) is 6.54 Å². The number of fused-ring (bicyclic) bond motifs is 2. The lowest BCUT2D eigenvalue weighted by Crippen LogP contribution is -2.52. The number of carbonyl (C=O) groups excluding carboxylic acids is 1. The smallest absolute Gasteiger partial charge is 0.317 e. The molecule has 2 aliphatic heterocycles. The van der Waals surface area contributed by atoms with Crippen molar-refractivity contribution in [3.05, 3.63) is 35.9 Å². The molecule has 2 bridgehead atoms. The molecule has 4 heteroatoms. The van der Waals surface area contributed by atoms with Gasteiger partial charge >= 0.3 is 6.03 Å². The first kappa shape index (κ1) is 17.3. The van der Waals surface area contributed by atoms with Crippen molar-refractivity contribution in [2.24, 2.45) is 11.8 Å². The molecule has 0 saturated carbocycles. The Kier molecular flexibility index (Phi) is 5.44. The first-order chi connectivity index (χ1) is 11.5. The fourth-order valence-electron chi connectivity index (χ4n) is 4.25. The molecule has 0 aromatic heterocycles. The highest BCUT2D eigenvalue weighted by Gasteiger charge is 2.42. The molecule has 0 aliphatic carbocycles. The summed E-state index contributed by atoms with van der Waals surface area (Å²) in [7, 11) is 0. The summed E-state index contributed by atoms with van der Waals surface area (Å²) < 4.78 is 0. The molecule has 0 unspecified atom stereocenters. The van der Waals surface area contributed by atoms with E-state index in [1.54, 1.807) is 0 Å². The van der Waals surface area contributed by atoms with Gasteiger partial charge in [-0.15, -0.1) is 0 Å². The molecule has 2 fully saturated rings. The van der Waals surface area contributed by atoms with Crippen molar-refractivity contribution in [2.45, 2.75) is 64.1 Å². The van der Waals surface area contributed by atoms with E-state index < -0.39 is 0 Å². The van der Waals surface area contributed by atoms with E-state index in [0.29, 0.717) is 18.4 Å². The number of rotatable bonds is 5. The van der Waals surface area contributed by atoms with Crippen molar-refractivity contribution in [1.82, 2.24) is 10.2 Å². The number of benzene rings is 1. The van der Waals surface area contributed by atoms with Gasteiger partial charge in [0.1, 0.15) is 0 Å². The molecule has 4 nitrogen and oxygen atoms in total. The van der Waals surface area contributed by atoms with Gasteiger partial charge in [0.2, 0.25) is 0 Å². The summed E-state index contributed by atoms with van der Waals surface area (Å²) in [6.07, 6.45) is 4.31. The summed E-state index contributed by atoms with van der Waals surface area (Å²) in [6.45, 7) is 5.16. The largest absolute Gasteiger partial charge is 0.393 e. The molecule has 132 valence electrons. The minimum Gasteiger partial charge on any atom is -0.393 e. The van der Waals surface area contributed by atoms with Gasteiger partial charge in [0.05, 0.1) is 6.10 Å². The second-order valence-corrected chi connectivity index (χ2v) is 7.80. The first-order valence-corrected chi connectivity index (χ1v) is 9.32. The van der Waals surface area contributed by atoms with Crippen molar-refractivity contribution in [3.63, 3.8) is 0 Å². The zero-order valence-electron chi connectivity index (χ0n) is 14.8. The lowest BCUT2D eigenvalue weighted by atomic mass is 9.89. The first-order valence-electron chi connectivity index (χ1n) is 9.32. The highest BCUT2D eigenvalue weighted by atomic mass is 16.3. The average Bonchev–Trinajstić information content (AvgIpc) is 2.83. The molecule has 1 aromatic carbocycles. The van der Waals surface area contributed by atoms with Crippen LogP contribution in [0.4, 0.5) is 4.79 Å². The maximum Gasteiger partial charge on any atom is 0.317 e. The van der Waals surface area contributed by atoms with Crippen LogP contribution in [0.1, 0.15) is 45.1 Å². The number of piperidine rings is 1. The third kappa shape index (κ3) is 3.92. The maximum absolute atomic E-state index is 12.7. The summed E-state index contributed by atoms with van der Waals surface area (Å²) in [5, 5.41) is 13.1. The van der Waals surface area contributed by atoms with E-state index in [1.807, 2.05) is 11.0 Å². The van der Waals surface area contributed by atoms with Gasteiger partial charge in [-0.3, -0.25) is 0 Å². The van der Waals surface area contributed by atoms with Crippen LogP contribution in [-0.2, 0) is 6.42 Å². The summed E-state index contributed by atoms with van der Waals surface area (Å²) in [4.78, 5) is 14.7. The average molecular weight is 330 g/mol. The number of hydrogen-bond donors (Lipinski definition) is 2. The second-order valence-electron chi connectivity index (χ2n) is 7.80. The Morgan fingerprint density at radius 3 is 2.42 bits per heavy atom. The molecule has 2 N–H and O–H groups in total. The van der Waals surface area contributed by atoms with Gasteiger partial charge in [-0.25, -0.2) is 4.79 Å². The Morgan fingerprint density at radius 1 is 1.21 bits per heavy atom. The zero-order chi connectivity index (χ0) is 17.1. The van der Waals surface area contributed by atoms with E-state index >= 15 is 0 Å². The number of aliphatic hydroxyl groups is 1. The predicted molar refractivity (Wildman–Crippen MR) is 95.8 cm³/mol. The number of nitrogens with one attached hydrogen (secondary N) is 1. The van der Waals surface area contributed by atoms with Crippen LogP contribution in [0, 0.1) is 11.8 Å². The van der Waals surface area contributed by atoms with Crippen molar-refractivity contribution >= 4 is 6.03 Å². The molecule has 24 heavy (non-hydrogen) atoms. The van der Waals surface area contributed by atoms with E-state index in [9.17, 15) is 9.90 Å². The molecule has 1 aromatic rings. The molecule has 2 heterocycles. The topological polar surface area (TPSA) is 52.6 Å². The van der Waals surface area contributed by atoms with Crippen molar-refractivity contribution < 1.29 is 9.90 Å². The molecule has 0 radical (unpaired) electrons. The Labute approximate surface area is 145 Å². The summed E-state index contributed by atoms with van der Waals surface area (Å²) in [5.74, 6) is 0.954. The summed E-state index contributed by atoms with van der Waals surface area (Å²) in [5.41, 5.74) is 1.33. The Bertz CT molecular complexity index is 532. The van der Waals surface area contributed by atoms with E-state index in [-0.39, 0.29) is 24.2 Å². The van der Waals surface area contributed by atoms with Gasteiger partial charge in [0.15, 0.2) is 0 Å². The molecule has 2 amide bonds. The fraction of sp³-hybridized carbons (Fsp3) is 0.650. The highest BCUT2D eigenvalue weighted by Crippen LogP contribution is 2.35. The molecule has 3 rings (SSSR count). The van der Waals surface area contributed by atoms with E-state index in [1.165, 1.54) is 5.56 Å². The number of amides is 2. The quantitative estimate of drug-likeness (QED) is 0.871. The predicted octanol–water partition coefficient (Wildman–Crippen LogP) is 3.20. The number of aliphatic hydroxyl groups excluding tert-OH is 1. The lowest BCUT2D eigenvalue weighted by Gasteiger charge is -2.37. The number of nitrogens with zero attached hydrogens (tertiary/aromatic N) is 1. The highest BCUT2D eigenvalue weighted by molar-refractivity contribution is 5.75. The van der Waals surface area contributed by atoms with E-state index in [0.717, 1.165) is 32.1 Å². The fourth-order valence-corrected chi connectivity index (χ4v) is 4.25. The second kappa shape index (κ2) is 7.56. The standard InChI is InChI=1S/C20H30N2O2/c1-14(2)16(10-15-6-4-3-5-7-15)13-21-20(24)22-17-8-9-18(22)12-19(23)11-17/h3-7,14,16-19,23H,8-13H2,1-2H3,(H,21,24)/t16-,17-,18-/m0/s1. The summed E-state index contributed by atoms with van der Waals surface area (Å²) in [6, 6.07) is 11.0. The van der Waals surface area contributed by atoms with Gasteiger partial charge in [-0.05, 0) is 49.5 Å². The molecule has 2 aliphatic rings. The Morgan fingerprint density at radius 2 is 1.83 bits per heavy atom. The van der Waals surface area contributed by atoms with Crippen LogP contribution in [0.5, 0.6) is 0 Å². The van der Waals surface area contributed by atoms with E-state index in [4.69, 9.17) is 0 Å². The normalized spacial score (nSPS) is 27.3. The monoisotopic (exact) mass is 330 g/mol. The van der Waals surface area contributed by atoms with Crippen LogP contribution in [0.25, 0.3) is 0 Å². The molecule has 0 spiro atoms. The van der Waals surface area contributed by atoms with Gasteiger partial charge in [0.25, 0.3) is 0 Å². The van der Waals surface area contributed by atoms with Crippen LogP contribution in [0.15, 0.2) is 30.3 Å². The zero-order valence-corrected chi connectivity index (χ0v) is 14.8. The minimum atomic E-state index is -0.229. The molecular weight excluding hydrogens is 300 g/mol. The number of hydrogen-bond acceptors (Lipinski definition) is 2. The van der Waals surface area contributed by atoms with E-state index in [2.05, 4.69) is 43.4 Å². The Balaban J connectivity index is 1.56. The third-order valence-corrected chi connectivity index (χ3v) is 5.74. The maximum atomic E-state index is 12.7.